The zero-order chi connectivity index (χ0) is 20.8. The summed E-state index contributed by atoms with van der Waals surface area (Å²) in [6, 6.07) is 9.86. The van der Waals surface area contributed by atoms with Crippen LogP contribution in [-0.2, 0) is 16.0 Å². The smallest absolute Gasteiger partial charge is 0.242 e. The Balaban J connectivity index is 1.76. The van der Waals surface area contributed by atoms with E-state index in [-0.39, 0.29) is 24.4 Å². The van der Waals surface area contributed by atoms with Crippen molar-refractivity contribution >= 4 is 23.2 Å². The number of thiophene rings is 1. The molecule has 0 aliphatic carbocycles. The number of rotatable bonds is 8. The number of aryl methyl sites for hydroxylation is 1. The average molecular weight is 413 g/mol. The van der Waals surface area contributed by atoms with Crippen LogP contribution in [0.2, 0.25) is 0 Å². The van der Waals surface area contributed by atoms with Gasteiger partial charge in [-0.3, -0.25) is 9.59 Å². The second-order valence-corrected chi connectivity index (χ2v) is 8.19. The molecule has 0 N–H and O–H groups in total. The largest absolute Gasteiger partial charge is 0.491 e. The van der Waals surface area contributed by atoms with Gasteiger partial charge in [-0.1, -0.05) is 30.7 Å². The van der Waals surface area contributed by atoms with E-state index in [2.05, 4.69) is 18.0 Å². The number of fused-ring (bicyclic) bond motifs is 1. The molecule has 1 aromatic heterocycles. The molecule has 1 aromatic carbocycles. The Morgan fingerprint density at radius 1 is 1.31 bits per heavy atom. The summed E-state index contributed by atoms with van der Waals surface area (Å²) in [5, 5.41) is 2.07. The molecule has 0 saturated heterocycles. The highest BCUT2D eigenvalue weighted by Gasteiger charge is 2.33. The first-order valence-electron chi connectivity index (χ1n) is 9.97. The summed E-state index contributed by atoms with van der Waals surface area (Å²) in [5.41, 5.74) is 2.33. The van der Waals surface area contributed by atoms with Gasteiger partial charge >= 0.3 is 0 Å². The van der Waals surface area contributed by atoms with E-state index in [0.717, 1.165) is 17.7 Å². The lowest BCUT2D eigenvalue weighted by Gasteiger charge is -2.37. The molecular weight excluding hydrogens is 384 g/mol. The molecule has 0 spiro atoms. The molecule has 0 saturated carbocycles. The third-order valence-electron chi connectivity index (χ3n) is 5.17. The van der Waals surface area contributed by atoms with Gasteiger partial charge in [-0.2, -0.15) is 0 Å². The molecule has 1 atom stereocenters. The molecule has 0 unspecified atom stereocenters. The second-order valence-electron chi connectivity index (χ2n) is 7.19. The van der Waals surface area contributed by atoms with E-state index in [4.69, 9.17) is 4.74 Å². The fourth-order valence-corrected chi connectivity index (χ4v) is 4.50. The van der Waals surface area contributed by atoms with Crippen LogP contribution < -0.4 is 4.74 Å². The fourth-order valence-electron chi connectivity index (χ4n) is 3.57. The second kappa shape index (κ2) is 9.74. The van der Waals surface area contributed by atoms with Crippen LogP contribution in [0.4, 0.5) is 0 Å². The van der Waals surface area contributed by atoms with Crippen LogP contribution in [0.5, 0.6) is 5.75 Å². The molecule has 3 rings (SSSR count). The lowest BCUT2D eigenvalue weighted by Crippen LogP contribution is -2.47. The first kappa shape index (κ1) is 21.1. The van der Waals surface area contributed by atoms with Crippen molar-refractivity contribution in [3.63, 3.8) is 0 Å². The van der Waals surface area contributed by atoms with Gasteiger partial charge in [0.2, 0.25) is 11.8 Å². The molecular formula is C23H28N2O3S. The van der Waals surface area contributed by atoms with Crippen molar-refractivity contribution in [3.8, 4) is 5.75 Å². The van der Waals surface area contributed by atoms with Gasteiger partial charge in [0.05, 0.1) is 6.04 Å². The van der Waals surface area contributed by atoms with E-state index in [1.807, 2.05) is 36.1 Å². The summed E-state index contributed by atoms with van der Waals surface area (Å²) >= 11 is 1.73. The number of amides is 2. The number of carbonyl (C=O) groups is 2. The van der Waals surface area contributed by atoms with E-state index in [1.54, 1.807) is 29.2 Å². The minimum atomic E-state index is -0.152. The summed E-state index contributed by atoms with van der Waals surface area (Å²) in [7, 11) is 0. The van der Waals surface area contributed by atoms with Gasteiger partial charge in [0.15, 0.2) is 0 Å². The summed E-state index contributed by atoms with van der Waals surface area (Å²) in [4.78, 5) is 30.1. The minimum absolute atomic E-state index is 0.0427. The lowest BCUT2D eigenvalue weighted by atomic mass is 10.0. The molecule has 1 aliphatic heterocycles. The van der Waals surface area contributed by atoms with Crippen LogP contribution in [0.1, 0.15) is 35.4 Å². The van der Waals surface area contributed by atoms with Crippen molar-refractivity contribution in [2.45, 2.75) is 32.7 Å². The Morgan fingerprint density at radius 2 is 2.07 bits per heavy atom. The first-order valence-corrected chi connectivity index (χ1v) is 10.8. The maximum atomic E-state index is 13.1. The van der Waals surface area contributed by atoms with E-state index in [0.29, 0.717) is 26.1 Å². The summed E-state index contributed by atoms with van der Waals surface area (Å²) in [5.74, 6) is 0.696. The van der Waals surface area contributed by atoms with E-state index < -0.39 is 0 Å². The highest BCUT2D eigenvalue weighted by Crippen LogP contribution is 2.34. The van der Waals surface area contributed by atoms with E-state index in [1.165, 1.54) is 10.4 Å². The van der Waals surface area contributed by atoms with Gasteiger partial charge in [-0.25, -0.2) is 0 Å². The molecule has 0 fully saturated rings. The van der Waals surface area contributed by atoms with Crippen LogP contribution in [0.25, 0.3) is 0 Å². The van der Waals surface area contributed by atoms with Crippen molar-refractivity contribution in [1.82, 2.24) is 9.80 Å². The molecule has 0 radical (unpaired) electrons. The SMILES string of the molecule is C=CCN(CC(=O)N1CCc2sccc2[C@@H]1COc1ccc(C)cc1)C(=O)CC. The molecule has 0 bridgehead atoms. The number of nitrogens with zero attached hydrogens (tertiary/aromatic N) is 2. The molecule has 1 aliphatic rings. The predicted molar refractivity (Wildman–Crippen MR) is 116 cm³/mol. The van der Waals surface area contributed by atoms with Gasteiger partial charge in [-0.15, -0.1) is 17.9 Å². The van der Waals surface area contributed by atoms with Gasteiger partial charge in [0, 0.05) is 24.4 Å². The molecule has 154 valence electrons. The highest BCUT2D eigenvalue weighted by molar-refractivity contribution is 7.10. The maximum Gasteiger partial charge on any atom is 0.242 e. The molecule has 2 amide bonds. The van der Waals surface area contributed by atoms with E-state index in [9.17, 15) is 9.59 Å². The van der Waals surface area contributed by atoms with Crippen molar-refractivity contribution in [3.05, 3.63) is 64.4 Å². The monoisotopic (exact) mass is 412 g/mol. The van der Waals surface area contributed by atoms with Crippen LogP contribution in [0.15, 0.2) is 48.4 Å². The Bertz CT molecular complexity index is 859. The Labute approximate surface area is 176 Å². The van der Waals surface area contributed by atoms with Crippen molar-refractivity contribution in [2.24, 2.45) is 0 Å². The summed E-state index contributed by atoms with van der Waals surface area (Å²) in [6.45, 7) is 9.02. The first-order chi connectivity index (χ1) is 14.0. The standard InChI is InChI=1S/C23H28N2O3S/c1-4-12-24(22(26)5-2)15-23(27)25-13-10-21-19(11-14-29-21)20(25)16-28-18-8-6-17(3)7-9-18/h4,6-9,11,14,20H,1,5,10,12-13,15-16H2,2-3H3/t20-/m0/s1. The van der Waals surface area contributed by atoms with Crippen LogP contribution in [0, 0.1) is 6.92 Å². The van der Waals surface area contributed by atoms with Gasteiger partial charge in [-0.05, 0) is 42.5 Å². The molecule has 5 nitrogen and oxygen atoms in total. The molecule has 29 heavy (non-hydrogen) atoms. The zero-order valence-corrected chi connectivity index (χ0v) is 17.9. The topological polar surface area (TPSA) is 49.9 Å². The molecule has 2 aromatic rings. The normalized spacial score (nSPS) is 15.5. The van der Waals surface area contributed by atoms with Gasteiger partial charge in [0.1, 0.15) is 18.9 Å². The minimum Gasteiger partial charge on any atom is -0.491 e. The lowest BCUT2D eigenvalue weighted by molar-refractivity contribution is -0.142. The van der Waals surface area contributed by atoms with Crippen LogP contribution in [0.3, 0.4) is 0 Å². The number of carbonyl (C=O) groups excluding carboxylic acids is 2. The van der Waals surface area contributed by atoms with Gasteiger partial charge in [0.25, 0.3) is 0 Å². The van der Waals surface area contributed by atoms with Crippen LogP contribution >= 0.6 is 11.3 Å². The molecule has 2 heterocycles. The van der Waals surface area contributed by atoms with Gasteiger partial charge < -0.3 is 14.5 Å². The number of ether oxygens (including phenoxy) is 1. The Kier molecular flexibility index (Phi) is 7.09. The zero-order valence-electron chi connectivity index (χ0n) is 17.1. The van der Waals surface area contributed by atoms with Crippen molar-refractivity contribution in [2.75, 3.05) is 26.2 Å². The maximum absolute atomic E-state index is 13.1. The third-order valence-corrected chi connectivity index (χ3v) is 6.17. The number of hydrogen-bond donors (Lipinski definition) is 0. The number of benzene rings is 1. The third kappa shape index (κ3) is 5.07. The van der Waals surface area contributed by atoms with Crippen molar-refractivity contribution in [1.29, 1.82) is 0 Å². The summed E-state index contributed by atoms with van der Waals surface area (Å²) < 4.78 is 6.04. The summed E-state index contributed by atoms with van der Waals surface area (Å²) in [6.07, 6.45) is 2.87. The predicted octanol–water partition coefficient (Wildman–Crippen LogP) is 3.99. The average Bonchev–Trinajstić information content (AvgIpc) is 3.21. The quantitative estimate of drug-likeness (QED) is 0.616. The van der Waals surface area contributed by atoms with Crippen molar-refractivity contribution < 1.29 is 14.3 Å². The van der Waals surface area contributed by atoms with Crippen LogP contribution in [-0.4, -0.2) is 47.9 Å². The van der Waals surface area contributed by atoms with E-state index >= 15 is 0 Å². The highest BCUT2D eigenvalue weighted by atomic mass is 32.1. The Hall–Kier alpha value is -2.60. The number of hydrogen-bond acceptors (Lipinski definition) is 4. The molecule has 6 heteroatoms. The Morgan fingerprint density at radius 3 is 2.76 bits per heavy atom. The fraction of sp³-hybridized carbons (Fsp3) is 0.391.